The fourth-order valence-electron chi connectivity index (χ4n) is 1.89. The van der Waals surface area contributed by atoms with E-state index in [1.807, 2.05) is 0 Å². The van der Waals surface area contributed by atoms with Gasteiger partial charge in [0.05, 0.1) is 12.0 Å². The summed E-state index contributed by atoms with van der Waals surface area (Å²) in [5.41, 5.74) is 0.374. The predicted octanol–water partition coefficient (Wildman–Crippen LogP) is 4.87. The molecule has 0 bridgehead atoms. The van der Waals surface area contributed by atoms with Crippen molar-refractivity contribution in [2.75, 3.05) is 5.32 Å². The molecule has 0 atom stereocenters. The smallest absolute Gasteiger partial charge is 0.275 e. The minimum atomic E-state index is -0.512. The van der Waals surface area contributed by atoms with Crippen molar-refractivity contribution in [1.82, 2.24) is 4.98 Å². The van der Waals surface area contributed by atoms with E-state index in [4.69, 9.17) is 4.42 Å². The normalized spacial score (nSPS) is 10.7. The van der Waals surface area contributed by atoms with Crippen LogP contribution in [0.15, 0.2) is 45.5 Å². The summed E-state index contributed by atoms with van der Waals surface area (Å²) in [6, 6.07) is 7.96. The Balaban J connectivity index is 1.86. The van der Waals surface area contributed by atoms with Crippen molar-refractivity contribution in [2.45, 2.75) is 6.92 Å². The minimum Gasteiger partial charge on any atom is -0.462 e. The molecule has 1 N–H and O–H groups in total. The van der Waals surface area contributed by atoms with Crippen LogP contribution < -0.4 is 5.32 Å². The van der Waals surface area contributed by atoms with Crippen molar-refractivity contribution in [3.8, 4) is 10.8 Å². The van der Waals surface area contributed by atoms with Gasteiger partial charge in [0.15, 0.2) is 10.8 Å². The van der Waals surface area contributed by atoms with Crippen LogP contribution in [-0.4, -0.2) is 10.9 Å². The summed E-state index contributed by atoms with van der Waals surface area (Å²) >= 11 is 4.52. The van der Waals surface area contributed by atoms with E-state index < -0.39 is 11.7 Å². The number of thiazole rings is 1. The maximum Gasteiger partial charge on any atom is 0.275 e. The molecule has 7 heteroatoms. The lowest BCUT2D eigenvalue weighted by molar-refractivity contribution is 0.102. The molecule has 0 aliphatic carbocycles. The molecule has 0 unspecified atom stereocenters. The summed E-state index contributed by atoms with van der Waals surface area (Å²) in [7, 11) is 0. The molecule has 0 saturated carbocycles. The Labute approximate surface area is 138 Å². The van der Waals surface area contributed by atoms with Crippen LogP contribution in [0.1, 0.15) is 15.4 Å². The summed E-state index contributed by atoms with van der Waals surface area (Å²) in [5, 5.41) is 3.15. The number of halogens is 2. The molecule has 2 aromatic heterocycles. The lowest BCUT2D eigenvalue weighted by atomic mass is 10.3. The van der Waals surface area contributed by atoms with E-state index in [0.29, 0.717) is 15.2 Å². The molecule has 0 aliphatic heterocycles. The van der Waals surface area contributed by atoms with E-state index in [9.17, 15) is 9.18 Å². The average Bonchev–Trinajstić information content (AvgIpc) is 3.10. The van der Waals surface area contributed by atoms with Gasteiger partial charge in [-0.3, -0.25) is 4.79 Å². The van der Waals surface area contributed by atoms with Gasteiger partial charge in [-0.25, -0.2) is 9.37 Å². The van der Waals surface area contributed by atoms with Crippen LogP contribution in [0.4, 0.5) is 10.1 Å². The number of amides is 1. The molecule has 0 spiro atoms. The highest BCUT2D eigenvalue weighted by atomic mass is 79.9. The third-order valence-electron chi connectivity index (χ3n) is 2.92. The van der Waals surface area contributed by atoms with E-state index in [1.54, 1.807) is 31.4 Å². The summed E-state index contributed by atoms with van der Waals surface area (Å²) in [6.45, 7) is 1.79. The average molecular weight is 381 g/mol. The number of furan rings is 1. The van der Waals surface area contributed by atoms with Gasteiger partial charge in [0.2, 0.25) is 0 Å². The van der Waals surface area contributed by atoms with Crippen molar-refractivity contribution < 1.29 is 13.6 Å². The maximum atomic E-state index is 13.8. The number of hydrogen-bond donors (Lipinski definition) is 1. The highest BCUT2D eigenvalue weighted by molar-refractivity contribution is 9.10. The summed E-state index contributed by atoms with van der Waals surface area (Å²) in [4.78, 5) is 17.3. The molecule has 0 aliphatic rings. The third kappa shape index (κ3) is 2.95. The molecule has 0 fully saturated rings. The molecular formula is C15H10BrFN2O2S. The van der Waals surface area contributed by atoms with Gasteiger partial charge in [0.1, 0.15) is 11.5 Å². The minimum absolute atomic E-state index is 0.111. The van der Waals surface area contributed by atoms with Crippen LogP contribution in [0, 0.1) is 12.7 Å². The summed E-state index contributed by atoms with van der Waals surface area (Å²) < 4.78 is 19.7. The number of benzene rings is 1. The molecule has 1 amide bonds. The van der Waals surface area contributed by atoms with Crippen molar-refractivity contribution in [3.63, 3.8) is 0 Å². The number of nitrogens with zero attached hydrogens (tertiary/aromatic N) is 1. The number of hydrogen-bond acceptors (Lipinski definition) is 4. The Bertz CT molecular complexity index is 830. The van der Waals surface area contributed by atoms with Crippen molar-refractivity contribution in [2.24, 2.45) is 0 Å². The molecule has 112 valence electrons. The fourth-order valence-corrected chi connectivity index (χ4v) is 3.10. The molecule has 0 radical (unpaired) electrons. The number of rotatable bonds is 3. The fraction of sp³-hybridized carbons (Fsp3) is 0.0667. The van der Waals surface area contributed by atoms with Crippen LogP contribution in [0.5, 0.6) is 0 Å². The number of nitrogens with one attached hydrogen (secondary N) is 1. The van der Waals surface area contributed by atoms with E-state index in [1.165, 1.54) is 23.5 Å². The topological polar surface area (TPSA) is 55.1 Å². The molecule has 4 nitrogen and oxygen atoms in total. The maximum absolute atomic E-state index is 13.8. The highest BCUT2D eigenvalue weighted by Gasteiger charge is 2.18. The Hall–Kier alpha value is -1.99. The number of carbonyl (C=O) groups excluding carboxylic acids is 1. The van der Waals surface area contributed by atoms with Gasteiger partial charge in [-0.2, -0.15) is 0 Å². The highest BCUT2D eigenvalue weighted by Crippen LogP contribution is 2.28. The van der Waals surface area contributed by atoms with Gasteiger partial charge < -0.3 is 9.73 Å². The third-order valence-corrected chi connectivity index (χ3v) is 4.40. The zero-order valence-corrected chi connectivity index (χ0v) is 13.8. The number of anilines is 1. The molecule has 1 aromatic carbocycles. The van der Waals surface area contributed by atoms with Crippen LogP contribution >= 0.6 is 27.3 Å². The first kappa shape index (κ1) is 14.9. The van der Waals surface area contributed by atoms with Crippen molar-refractivity contribution >= 4 is 38.9 Å². The second kappa shape index (κ2) is 6.02. The summed E-state index contributed by atoms with van der Waals surface area (Å²) in [6.07, 6.45) is 1.54. The van der Waals surface area contributed by atoms with E-state index in [0.717, 1.165) is 4.88 Å². The van der Waals surface area contributed by atoms with Gasteiger partial charge in [-0.05, 0) is 37.3 Å². The number of aromatic nitrogens is 1. The van der Waals surface area contributed by atoms with Crippen molar-refractivity contribution in [3.05, 3.63) is 57.5 Å². The zero-order chi connectivity index (χ0) is 15.7. The zero-order valence-electron chi connectivity index (χ0n) is 11.4. The van der Waals surface area contributed by atoms with Crippen molar-refractivity contribution in [1.29, 1.82) is 0 Å². The Morgan fingerprint density at radius 3 is 2.91 bits per heavy atom. The van der Waals surface area contributed by atoms with Gasteiger partial charge in [0.25, 0.3) is 5.91 Å². The largest absolute Gasteiger partial charge is 0.462 e. The van der Waals surface area contributed by atoms with Crippen LogP contribution in [0.3, 0.4) is 0 Å². The van der Waals surface area contributed by atoms with E-state index in [-0.39, 0.29) is 11.4 Å². The first-order chi connectivity index (χ1) is 10.5. The molecule has 0 saturated heterocycles. The quantitative estimate of drug-likeness (QED) is 0.705. The van der Waals surface area contributed by atoms with Crippen LogP contribution in [0.2, 0.25) is 0 Å². The van der Waals surface area contributed by atoms with Gasteiger partial charge >= 0.3 is 0 Å². The number of aryl methyl sites for hydroxylation is 1. The summed E-state index contributed by atoms with van der Waals surface area (Å²) in [5.74, 6) is -0.364. The monoisotopic (exact) mass is 380 g/mol. The lowest BCUT2D eigenvalue weighted by Gasteiger charge is -2.05. The number of carbonyl (C=O) groups is 1. The van der Waals surface area contributed by atoms with Gasteiger partial charge in [-0.15, -0.1) is 11.3 Å². The Morgan fingerprint density at radius 2 is 2.23 bits per heavy atom. The SMILES string of the molecule is Cc1sc(-c2ccco2)nc1C(=O)Nc1ccc(Br)cc1F. The molecular weight excluding hydrogens is 371 g/mol. The standard InChI is InChI=1S/C15H10BrFN2O2S/c1-8-13(19-15(22-8)12-3-2-6-21-12)14(20)18-11-5-4-9(16)7-10(11)17/h2-7H,1H3,(H,18,20). The van der Waals surface area contributed by atoms with E-state index >= 15 is 0 Å². The molecule has 3 rings (SSSR count). The van der Waals surface area contributed by atoms with Gasteiger partial charge in [-0.1, -0.05) is 15.9 Å². The molecule has 3 aromatic rings. The second-order valence-corrected chi connectivity index (χ2v) is 6.60. The van der Waals surface area contributed by atoms with Crippen LogP contribution in [0.25, 0.3) is 10.8 Å². The van der Waals surface area contributed by atoms with E-state index in [2.05, 4.69) is 26.2 Å². The first-order valence-corrected chi connectivity index (χ1v) is 7.93. The lowest BCUT2D eigenvalue weighted by Crippen LogP contribution is -2.14. The predicted molar refractivity (Wildman–Crippen MR) is 86.6 cm³/mol. The van der Waals surface area contributed by atoms with Crippen LogP contribution in [-0.2, 0) is 0 Å². The first-order valence-electron chi connectivity index (χ1n) is 6.32. The van der Waals surface area contributed by atoms with Gasteiger partial charge in [0, 0.05) is 9.35 Å². The Kier molecular flexibility index (Phi) is 4.08. The molecule has 2 heterocycles. The second-order valence-electron chi connectivity index (χ2n) is 4.48. The Morgan fingerprint density at radius 1 is 1.41 bits per heavy atom. The molecule has 22 heavy (non-hydrogen) atoms.